The molecule has 0 spiro atoms. The van der Waals surface area contributed by atoms with Crippen LogP contribution in [0.25, 0.3) is 0 Å². The second kappa shape index (κ2) is 2.46. The summed E-state index contributed by atoms with van der Waals surface area (Å²) in [6.45, 7) is 0. The molecule has 3 N–H and O–H groups in total. The summed E-state index contributed by atoms with van der Waals surface area (Å²) >= 11 is 0. The molecular weight excluding hydrogens is 138 g/mol. The zero-order valence-corrected chi connectivity index (χ0v) is 6.92. The third-order valence-corrected chi connectivity index (χ3v) is 3.19. The molecule has 0 heterocycles. The van der Waals surface area contributed by atoms with Gasteiger partial charge in [-0.1, -0.05) is 12.8 Å². The molecule has 2 fully saturated rings. The average molecular weight is 155 g/mol. The maximum Gasteiger partial charge on any atom is 0.0747 e. The monoisotopic (exact) mass is 155 g/mol. The van der Waals surface area contributed by atoms with E-state index in [2.05, 4.69) is 0 Å². The Morgan fingerprint density at radius 2 is 1.82 bits per heavy atom. The van der Waals surface area contributed by atoms with Crippen molar-refractivity contribution in [1.82, 2.24) is 0 Å². The second-order valence-electron chi connectivity index (χ2n) is 4.22. The highest BCUT2D eigenvalue weighted by molar-refractivity contribution is 5.01. The van der Waals surface area contributed by atoms with Crippen LogP contribution in [-0.4, -0.2) is 16.7 Å². The van der Waals surface area contributed by atoms with Crippen LogP contribution in [0.3, 0.4) is 0 Å². The minimum atomic E-state index is -0.207. The molecule has 2 aliphatic rings. The Balaban J connectivity index is 1.99. The third-order valence-electron chi connectivity index (χ3n) is 3.19. The summed E-state index contributed by atoms with van der Waals surface area (Å²) in [5.41, 5.74) is 5.89. The lowest BCUT2D eigenvalue weighted by Crippen LogP contribution is -2.49. The molecule has 2 nitrogen and oxygen atoms in total. The molecule has 11 heavy (non-hydrogen) atoms. The quantitative estimate of drug-likeness (QED) is 0.625. The minimum absolute atomic E-state index is 0.204. The highest BCUT2D eigenvalue weighted by Gasteiger charge is 2.44. The van der Waals surface area contributed by atoms with Crippen LogP contribution in [0.2, 0.25) is 0 Å². The van der Waals surface area contributed by atoms with E-state index in [0.29, 0.717) is 5.92 Å². The Kier molecular flexibility index (Phi) is 1.69. The van der Waals surface area contributed by atoms with E-state index in [1.807, 2.05) is 0 Å². The van der Waals surface area contributed by atoms with Crippen LogP contribution in [0.1, 0.15) is 38.5 Å². The molecule has 2 aliphatic carbocycles. The van der Waals surface area contributed by atoms with Crippen LogP contribution in [0, 0.1) is 5.92 Å². The van der Waals surface area contributed by atoms with Crippen molar-refractivity contribution >= 4 is 0 Å². The Hall–Kier alpha value is -0.0800. The number of nitrogens with two attached hydrogens (primary N) is 1. The van der Waals surface area contributed by atoms with Gasteiger partial charge in [-0.2, -0.15) is 0 Å². The zero-order valence-electron chi connectivity index (χ0n) is 6.92. The van der Waals surface area contributed by atoms with E-state index in [1.54, 1.807) is 0 Å². The fraction of sp³-hybridized carbons (Fsp3) is 1.00. The Morgan fingerprint density at radius 3 is 2.27 bits per heavy atom. The lowest BCUT2D eigenvalue weighted by Gasteiger charge is -2.29. The minimum Gasteiger partial charge on any atom is -0.391 e. The molecule has 0 radical (unpaired) electrons. The number of hydrogen-bond donors (Lipinski definition) is 2. The molecule has 2 rings (SSSR count). The van der Waals surface area contributed by atoms with E-state index in [1.165, 1.54) is 25.7 Å². The SMILES string of the molecule is NC1(C(O)C2CC2)CCCC1. The molecule has 0 amide bonds. The summed E-state index contributed by atoms with van der Waals surface area (Å²) in [7, 11) is 0. The molecular formula is C9H17NO. The molecule has 1 unspecified atom stereocenters. The van der Waals surface area contributed by atoms with Gasteiger partial charge in [-0.3, -0.25) is 0 Å². The Labute approximate surface area is 67.8 Å². The Bertz CT molecular complexity index is 148. The van der Waals surface area contributed by atoms with Crippen LogP contribution in [-0.2, 0) is 0 Å². The molecule has 64 valence electrons. The number of aliphatic hydroxyl groups is 1. The molecule has 0 aromatic rings. The molecule has 2 saturated carbocycles. The molecule has 0 aliphatic heterocycles. The Morgan fingerprint density at radius 1 is 1.27 bits per heavy atom. The fourth-order valence-electron chi connectivity index (χ4n) is 2.21. The van der Waals surface area contributed by atoms with E-state index in [-0.39, 0.29) is 11.6 Å². The van der Waals surface area contributed by atoms with E-state index >= 15 is 0 Å². The average Bonchev–Trinajstić information content (AvgIpc) is 2.74. The number of hydrogen-bond acceptors (Lipinski definition) is 2. The largest absolute Gasteiger partial charge is 0.391 e. The lowest BCUT2D eigenvalue weighted by molar-refractivity contribution is 0.0675. The lowest BCUT2D eigenvalue weighted by atomic mass is 9.89. The van der Waals surface area contributed by atoms with E-state index in [4.69, 9.17) is 5.73 Å². The summed E-state index contributed by atoms with van der Waals surface area (Å²) in [6.07, 6.45) is 6.67. The van der Waals surface area contributed by atoms with Crippen LogP contribution in [0.4, 0.5) is 0 Å². The highest BCUT2D eigenvalue weighted by Crippen LogP contribution is 2.42. The molecule has 0 bridgehead atoms. The summed E-state index contributed by atoms with van der Waals surface area (Å²) in [6, 6.07) is 0. The van der Waals surface area contributed by atoms with Gasteiger partial charge in [-0.05, 0) is 31.6 Å². The van der Waals surface area contributed by atoms with Crippen LogP contribution in [0.5, 0.6) is 0 Å². The van der Waals surface area contributed by atoms with Gasteiger partial charge in [0.05, 0.1) is 6.10 Å². The normalized spacial score (nSPS) is 32.2. The number of aliphatic hydroxyl groups excluding tert-OH is 1. The first-order chi connectivity index (χ1) is 5.22. The van der Waals surface area contributed by atoms with Crippen LogP contribution in [0.15, 0.2) is 0 Å². The predicted molar refractivity (Wildman–Crippen MR) is 44.1 cm³/mol. The maximum atomic E-state index is 9.82. The molecule has 0 saturated heterocycles. The fourth-order valence-corrected chi connectivity index (χ4v) is 2.21. The molecule has 0 aromatic carbocycles. The predicted octanol–water partition coefficient (Wildman–Crippen LogP) is 1.03. The van der Waals surface area contributed by atoms with Crippen LogP contribution >= 0.6 is 0 Å². The van der Waals surface area contributed by atoms with Crippen molar-refractivity contribution in [1.29, 1.82) is 0 Å². The molecule has 1 atom stereocenters. The van der Waals surface area contributed by atoms with E-state index in [0.717, 1.165) is 12.8 Å². The zero-order chi connectivity index (χ0) is 7.90. The van der Waals surface area contributed by atoms with Crippen molar-refractivity contribution in [2.24, 2.45) is 11.7 Å². The van der Waals surface area contributed by atoms with E-state index < -0.39 is 0 Å². The molecule has 2 heteroatoms. The van der Waals surface area contributed by atoms with E-state index in [9.17, 15) is 5.11 Å². The smallest absolute Gasteiger partial charge is 0.0747 e. The molecule has 0 aromatic heterocycles. The van der Waals surface area contributed by atoms with Gasteiger partial charge in [0, 0.05) is 5.54 Å². The van der Waals surface area contributed by atoms with Crippen molar-refractivity contribution in [3.8, 4) is 0 Å². The van der Waals surface area contributed by atoms with Gasteiger partial charge < -0.3 is 10.8 Å². The van der Waals surface area contributed by atoms with Gasteiger partial charge >= 0.3 is 0 Å². The maximum absolute atomic E-state index is 9.82. The van der Waals surface area contributed by atoms with Crippen molar-refractivity contribution < 1.29 is 5.11 Å². The van der Waals surface area contributed by atoms with Gasteiger partial charge in [-0.25, -0.2) is 0 Å². The second-order valence-corrected chi connectivity index (χ2v) is 4.22. The summed E-state index contributed by atoms with van der Waals surface area (Å²) < 4.78 is 0. The summed E-state index contributed by atoms with van der Waals surface area (Å²) in [4.78, 5) is 0. The van der Waals surface area contributed by atoms with Crippen LogP contribution < -0.4 is 5.73 Å². The van der Waals surface area contributed by atoms with Gasteiger partial charge in [-0.15, -0.1) is 0 Å². The summed E-state index contributed by atoms with van der Waals surface area (Å²) in [5.74, 6) is 0.540. The van der Waals surface area contributed by atoms with Gasteiger partial charge in [0.15, 0.2) is 0 Å². The van der Waals surface area contributed by atoms with Crippen molar-refractivity contribution in [3.05, 3.63) is 0 Å². The van der Waals surface area contributed by atoms with Gasteiger partial charge in [0.25, 0.3) is 0 Å². The van der Waals surface area contributed by atoms with Crippen molar-refractivity contribution in [2.75, 3.05) is 0 Å². The third kappa shape index (κ3) is 1.30. The standard InChI is InChI=1S/C9H17NO/c10-9(5-1-2-6-9)8(11)7-3-4-7/h7-8,11H,1-6,10H2. The van der Waals surface area contributed by atoms with Gasteiger partial charge in [0.1, 0.15) is 0 Å². The van der Waals surface area contributed by atoms with Gasteiger partial charge in [0.2, 0.25) is 0 Å². The topological polar surface area (TPSA) is 46.2 Å². The number of rotatable bonds is 2. The van der Waals surface area contributed by atoms with Crippen molar-refractivity contribution in [3.63, 3.8) is 0 Å². The summed E-state index contributed by atoms with van der Waals surface area (Å²) in [5, 5.41) is 9.82. The first-order valence-corrected chi connectivity index (χ1v) is 4.69. The highest BCUT2D eigenvalue weighted by atomic mass is 16.3. The van der Waals surface area contributed by atoms with Crippen molar-refractivity contribution in [2.45, 2.75) is 50.2 Å². The first kappa shape index (κ1) is 7.56. The first-order valence-electron chi connectivity index (χ1n) is 4.69.